The summed E-state index contributed by atoms with van der Waals surface area (Å²) >= 11 is 0. The molecule has 140 valence electrons. The summed E-state index contributed by atoms with van der Waals surface area (Å²) in [6, 6.07) is 16.6. The molecule has 1 aromatic heterocycles. The standard InChI is InChI=1S/C22H25N3O2/c1-4-17-10-12-18(13-11-17)24-21-9-7-6-8-19(21)20-14-23-25(16(20)3)15-22(26)27-5-2/h6-14,24H,4-5,15H2,1-3H3. The van der Waals surface area contributed by atoms with E-state index >= 15 is 0 Å². The lowest BCUT2D eigenvalue weighted by atomic mass is 10.0. The maximum absolute atomic E-state index is 11.8. The van der Waals surface area contributed by atoms with E-state index in [0.29, 0.717) is 6.61 Å². The van der Waals surface area contributed by atoms with Gasteiger partial charge in [0.2, 0.25) is 0 Å². The zero-order valence-corrected chi connectivity index (χ0v) is 16.0. The van der Waals surface area contributed by atoms with Crippen LogP contribution in [-0.4, -0.2) is 22.4 Å². The zero-order chi connectivity index (χ0) is 19.2. The number of nitrogens with zero attached hydrogens (tertiary/aromatic N) is 2. The van der Waals surface area contributed by atoms with Gasteiger partial charge in [0.25, 0.3) is 0 Å². The van der Waals surface area contributed by atoms with E-state index in [1.807, 2.05) is 25.1 Å². The first-order valence-corrected chi connectivity index (χ1v) is 9.25. The third-order valence-electron chi connectivity index (χ3n) is 4.55. The quantitative estimate of drug-likeness (QED) is 0.617. The van der Waals surface area contributed by atoms with Gasteiger partial charge in [-0.25, -0.2) is 0 Å². The number of para-hydroxylation sites is 1. The third kappa shape index (κ3) is 4.37. The van der Waals surface area contributed by atoms with Crippen molar-refractivity contribution in [1.29, 1.82) is 0 Å². The summed E-state index contributed by atoms with van der Waals surface area (Å²) in [6.07, 6.45) is 2.82. The van der Waals surface area contributed by atoms with Crippen molar-refractivity contribution >= 4 is 17.3 Å². The number of aromatic nitrogens is 2. The summed E-state index contributed by atoms with van der Waals surface area (Å²) in [5.74, 6) is -0.280. The van der Waals surface area contributed by atoms with Gasteiger partial charge < -0.3 is 10.1 Å². The highest BCUT2D eigenvalue weighted by atomic mass is 16.5. The minimum absolute atomic E-state index is 0.119. The summed E-state index contributed by atoms with van der Waals surface area (Å²) in [5, 5.41) is 7.86. The van der Waals surface area contributed by atoms with E-state index in [4.69, 9.17) is 4.74 Å². The highest BCUT2D eigenvalue weighted by Gasteiger charge is 2.14. The van der Waals surface area contributed by atoms with Crippen molar-refractivity contribution in [2.45, 2.75) is 33.7 Å². The molecule has 27 heavy (non-hydrogen) atoms. The minimum atomic E-state index is -0.280. The van der Waals surface area contributed by atoms with E-state index in [0.717, 1.165) is 34.6 Å². The summed E-state index contributed by atoms with van der Waals surface area (Å²) in [5.41, 5.74) is 6.32. The molecule has 5 nitrogen and oxygen atoms in total. The highest BCUT2D eigenvalue weighted by molar-refractivity contribution is 5.82. The van der Waals surface area contributed by atoms with Crippen LogP contribution in [0.1, 0.15) is 25.1 Å². The summed E-state index contributed by atoms with van der Waals surface area (Å²) in [6.45, 7) is 6.40. The van der Waals surface area contributed by atoms with Crippen molar-refractivity contribution in [3.8, 4) is 11.1 Å². The molecule has 0 fully saturated rings. The number of anilines is 2. The van der Waals surface area contributed by atoms with Crippen LogP contribution in [0.25, 0.3) is 11.1 Å². The maximum Gasteiger partial charge on any atom is 0.327 e. The number of rotatable bonds is 7. The normalized spacial score (nSPS) is 10.6. The second-order valence-electron chi connectivity index (χ2n) is 6.33. The van der Waals surface area contributed by atoms with Crippen molar-refractivity contribution in [1.82, 2.24) is 9.78 Å². The van der Waals surface area contributed by atoms with E-state index in [9.17, 15) is 4.79 Å². The van der Waals surface area contributed by atoms with E-state index < -0.39 is 0 Å². The topological polar surface area (TPSA) is 56.2 Å². The second kappa shape index (κ2) is 8.54. The number of aryl methyl sites for hydroxylation is 1. The third-order valence-corrected chi connectivity index (χ3v) is 4.55. The average Bonchev–Trinajstić information content (AvgIpc) is 3.03. The molecule has 0 saturated carbocycles. The summed E-state index contributed by atoms with van der Waals surface area (Å²) in [4.78, 5) is 11.8. The Morgan fingerprint density at radius 1 is 1.07 bits per heavy atom. The van der Waals surface area contributed by atoms with Crippen molar-refractivity contribution < 1.29 is 9.53 Å². The first-order valence-electron chi connectivity index (χ1n) is 9.25. The molecule has 0 atom stereocenters. The van der Waals surface area contributed by atoms with Gasteiger partial charge in [0.05, 0.1) is 12.8 Å². The van der Waals surface area contributed by atoms with Crippen LogP contribution >= 0.6 is 0 Å². The Labute approximate surface area is 160 Å². The number of nitrogens with one attached hydrogen (secondary N) is 1. The van der Waals surface area contributed by atoms with Gasteiger partial charge in [-0.3, -0.25) is 9.48 Å². The van der Waals surface area contributed by atoms with E-state index in [2.05, 4.69) is 47.7 Å². The first kappa shape index (κ1) is 18.7. The Kier molecular flexibility index (Phi) is 5.91. The molecule has 0 unspecified atom stereocenters. The molecule has 0 spiro atoms. The van der Waals surface area contributed by atoms with Gasteiger partial charge in [-0.05, 0) is 44.0 Å². The van der Waals surface area contributed by atoms with Gasteiger partial charge >= 0.3 is 5.97 Å². The highest BCUT2D eigenvalue weighted by Crippen LogP contribution is 2.32. The molecule has 0 aliphatic heterocycles. The number of hydrogen-bond acceptors (Lipinski definition) is 4. The molecule has 0 aliphatic carbocycles. The summed E-state index contributed by atoms with van der Waals surface area (Å²) < 4.78 is 6.71. The lowest BCUT2D eigenvalue weighted by Crippen LogP contribution is -2.15. The monoisotopic (exact) mass is 363 g/mol. The van der Waals surface area contributed by atoms with Crippen molar-refractivity contribution in [2.75, 3.05) is 11.9 Å². The molecule has 0 aliphatic rings. The Morgan fingerprint density at radius 3 is 2.52 bits per heavy atom. The van der Waals surface area contributed by atoms with Crippen LogP contribution in [0.3, 0.4) is 0 Å². The fourth-order valence-corrected chi connectivity index (χ4v) is 3.01. The summed E-state index contributed by atoms with van der Waals surface area (Å²) in [7, 11) is 0. The number of ether oxygens (including phenoxy) is 1. The number of benzene rings is 2. The molecule has 0 bridgehead atoms. The van der Waals surface area contributed by atoms with Gasteiger partial charge in [0.15, 0.2) is 0 Å². The molecule has 0 saturated heterocycles. The molecule has 1 N–H and O–H groups in total. The first-order chi connectivity index (χ1) is 13.1. The van der Waals surface area contributed by atoms with Crippen LogP contribution < -0.4 is 5.32 Å². The van der Waals surface area contributed by atoms with Gasteiger partial charge in [-0.15, -0.1) is 0 Å². The molecular weight excluding hydrogens is 338 g/mol. The number of esters is 1. The smallest absolute Gasteiger partial charge is 0.327 e. The predicted octanol–water partition coefficient (Wildman–Crippen LogP) is 4.73. The lowest BCUT2D eigenvalue weighted by molar-refractivity contribution is -0.144. The molecule has 3 rings (SSSR count). The largest absolute Gasteiger partial charge is 0.465 e. The van der Waals surface area contributed by atoms with E-state index in [-0.39, 0.29) is 12.5 Å². The van der Waals surface area contributed by atoms with E-state index in [1.165, 1.54) is 5.56 Å². The molecule has 0 amide bonds. The van der Waals surface area contributed by atoms with Crippen LogP contribution in [0.4, 0.5) is 11.4 Å². The molecule has 1 heterocycles. The molecule has 3 aromatic rings. The fourth-order valence-electron chi connectivity index (χ4n) is 3.01. The van der Waals surface area contributed by atoms with Crippen LogP contribution in [0, 0.1) is 6.92 Å². The molecule has 5 heteroatoms. The number of carbonyl (C=O) groups is 1. The van der Waals surface area contributed by atoms with Crippen LogP contribution in [0.5, 0.6) is 0 Å². The van der Waals surface area contributed by atoms with Crippen LogP contribution in [-0.2, 0) is 22.5 Å². The fraction of sp³-hybridized carbons (Fsp3) is 0.273. The van der Waals surface area contributed by atoms with Crippen molar-refractivity contribution in [2.24, 2.45) is 0 Å². The van der Waals surface area contributed by atoms with Crippen LogP contribution in [0.2, 0.25) is 0 Å². The predicted molar refractivity (Wildman–Crippen MR) is 108 cm³/mol. The van der Waals surface area contributed by atoms with Gasteiger partial charge in [-0.2, -0.15) is 5.10 Å². The Balaban J connectivity index is 1.87. The Bertz CT molecular complexity index is 914. The second-order valence-corrected chi connectivity index (χ2v) is 6.33. The Hall–Kier alpha value is -3.08. The van der Waals surface area contributed by atoms with Gasteiger partial charge in [-0.1, -0.05) is 37.3 Å². The molecular formula is C22H25N3O2. The maximum atomic E-state index is 11.8. The zero-order valence-electron chi connectivity index (χ0n) is 16.0. The SMILES string of the molecule is CCOC(=O)Cn1ncc(-c2ccccc2Nc2ccc(CC)cc2)c1C. The number of hydrogen-bond donors (Lipinski definition) is 1. The lowest BCUT2D eigenvalue weighted by Gasteiger charge is -2.13. The van der Waals surface area contributed by atoms with E-state index in [1.54, 1.807) is 17.8 Å². The number of carbonyl (C=O) groups excluding carboxylic acids is 1. The van der Waals surface area contributed by atoms with Crippen molar-refractivity contribution in [3.63, 3.8) is 0 Å². The molecule has 2 aromatic carbocycles. The Morgan fingerprint density at radius 2 is 1.81 bits per heavy atom. The van der Waals surface area contributed by atoms with Crippen LogP contribution in [0.15, 0.2) is 54.7 Å². The average molecular weight is 363 g/mol. The minimum Gasteiger partial charge on any atom is -0.465 e. The van der Waals surface area contributed by atoms with Crippen molar-refractivity contribution in [3.05, 3.63) is 66.0 Å². The van der Waals surface area contributed by atoms with Gasteiger partial charge in [0.1, 0.15) is 6.54 Å². The van der Waals surface area contributed by atoms with Gasteiger partial charge in [0, 0.05) is 28.2 Å². The molecule has 0 radical (unpaired) electrons.